The summed E-state index contributed by atoms with van der Waals surface area (Å²) in [6, 6.07) is 0.591. The van der Waals surface area contributed by atoms with Crippen LogP contribution in [0.5, 0.6) is 0 Å². The molecule has 1 atom stereocenters. The quantitative estimate of drug-likeness (QED) is 0.810. The molecule has 0 saturated carbocycles. The Morgan fingerprint density at radius 2 is 2.31 bits per heavy atom. The van der Waals surface area contributed by atoms with Gasteiger partial charge in [0, 0.05) is 50.0 Å². The summed E-state index contributed by atoms with van der Waals surface area (Å²) in [5, 5.41) is 7.78. The normalized spacial score (nSPS) is 25.9. The summed E-state index contributed by atoms with van der Waals surface area (Å²) >= 11 is 0. The molecular weight excluding hydrogens is 200 g/mol. The van der Waals surface area contributed by atoms with E-state index in [1.165, 1.54) is 5.56 Å². The Hall–Kier alpha value is -0.870. The second-order valence-electron chi connectivity index (χ2n) is 5.54. The standard InChI is InChI=1S/C12H22N4/c1-10-5-13-12(2,3)9-16(10)8-11-6-14-15(4)7-11/h6-7,10,13H,5,8-9H2,1-4H3. The maximum absolute atomic E-state index is 4.22. The Morgan fingerprint density at radius 1 is 1.56 bits per heavy atom. The lowest BCUT2D eigenvalue weighted by atomic mass is 9.99. The highest BCUT2D eigenvalue weighted by molar-refractivity contribution is 5.05. The molecule has 0 radical (unpaired) electrons. The number of hydrogen-bond acceptors (Lipinski definition) is 3. The van der Waals surface area contributed by atoms with Crippen molar-refractivity contribution in [2.24, 2.45) is 7.05 Å². The van der Waals surface area contributed by atoms with Crippen LogP contribution in [0.15, 0.2) is 12.4 Å². The summed E-state index contributed by atoms with van der Waals surface area (Å²) in [5.74, 6) is 0. The third-order valence-electron chi connectivity index (χ3n) is 3.24. The fourth-order valence-corrected chi connectivity index (χ4v) is 2.27. The van der Waals surface area contributed by atoms with Gasteiger partial charge in [-0.1, -0.05) is 0 Å². The van der Waals surface area contributed by atoms with Crippen molar-refractivity contribution in [3.05, 3.63) is 18.0 Å². The topological polar surface area (TPSA) is 33.1 Å². The Bertz CT molecular complexity index is 356. The van der Waals surface area contributed by atoms with E-state index in [4.69, 9.17) is 0 Å². The molecule has 2 rings (SSSR count). The lowest BCUT2D eigenvalue weighted by Gasteiger charge is -2.43. The number of nitrogens with zero attached hydrogens (tertiary/aromatic N) is 3. The Balaban J connectivity index is 2.02. The van der Waals surface area contributed by atoms with Gasteiger partial charge in [-0.25, -0.2) is 0 Å². The molecular formula is C12H22N4. The Labute approximate surface area is 97.6 Å². The molecule has 1 aliphatic rings. The van der Waals surface area contributed by atoms with Crippen molar-refractivity contribution in [3.63, 3.8) is 0 Å². The monoisotopic (exact) mass is 222 g/mol. The average Bonchev–Trinajstić information content (AvgIpc) is 2.58. The predicted octanol–water partition coefficient (Wildman–Crippen LogP) is 0.992. The fraction of sp³-hybridized carbons (Fsp3) is 0.750. The summed E-state index contributed by atoms with van der Waals surface area (Å²) in [5.41, 5.74) is 1.52. The zero-order valence-corrected chi connectivity index (χ0v) is 10.7. The molecule has 1 fully saturated rings. The summed E-state index contributed by atoms with van der Waals surface area (Å²) in [7, 11) is 1.97. The first-order valence-corrected chi connectivity index (χ1v) is 5.93. The van der Waals surface area contributed by atoms with E-state index in [1.807, 2.05) is 17.9 Å². The van der Waals surface area contributed by atoms with Gasteiger partial charge in [0.2, 0.25) is 0 Å². The zero-order chi connectivity index (χ0) is 11.8. The molecule has 0 spiro atoms. The summed E-state index contributed by atoms with van der Waals surface area (Å²) < 4.78 is 1.87. The van der Waals surface area contributed by atoms with Crippen LogP contribution in [-0.4, -0.2) is 39.4 Å². The van der Waals surface area contributed by atoms with Crippen molar-refractivity contribution in [2.45, 2.75) is 38.9 Å². The highest BCUT2D eigenvalue weighted by Gasteiger charge is 2.30. The molecule has 16 heavy (non-hydrogen) atoms. The number of aromatic nitrogens is 2. The van der Waals surface area contributed by atoms with Gasteiger partial charge in [-0.2, -0.15) is 5.10 Å². The number of nitrogens with one attached hydrogen (secondary N) is 1. The molecule has 0 bridgehead atoms. The first kappa shape index (κ1) is 11.6. The van der Waals surface area contributed by atoms with E-state index >= 15 is 0 Å². The van der Waals surface area contributed by atoms with E-state index in [2.05, 4.69) is 42.3 Å². The van der Waals surface area contributed by atoms with Crippen molar-refractivity contribution < 1.29 is 0 Å². The van der Waals surface area contributed by atoms with Crippen LogP contribution in [0.25, 0.3) is 0 Å². The van der Waals surface area contributed by atoms with E-state index in [9.17, 15) is 0 Å². The van der Waals surface area contributed by atoms with Crippen LogP contribution in [0, 0.1) is 0 Å². The van der Waals surface area contributed by atoms with E-state index in [1.54, 1.807) is 0 Å². The molecule has 0 aliphatic carbocycles. The number of rotatable bonds is 2. The average molecular weight is 222 g/mol. The van der Waals surface area contributed by atoms with E-state index in [0.29, 0.717) is 6.04 Å². The van der Waals surface area contributed by atoms with Crippen LogP contribution in [-0.2, 0) is 13.6 Å². The van der Waals surface area contributed by atoms with Gasteiger partial charge in [0.1, 0.15) is 0 Å². The lowest BCUT2D eigenvalue weighted by Crippen LogP contribution is -2.60. The van der Waals surface area contributed by atoms with Gasteiger partial charge in [-0.05, 0) is 20.8 Å². The summed E-state index contributed by atoms with van der Waals surface area (Å²) in [4.78, 5) is 2.52. The molecule has 4 heteroatoms. The maximum Gasteiger partial charge on any atom is 0.0534 e. The van der Waals surface area contributed by atoms with E-state index < -0.39 is 0 Å². The highest BCUT2D eigenvalue weighted by atomic mass is 15.3. The van der Waals surface area contributed by atoms with Crippen LogP contribution in [0.3, 0.4) is 0 Å². The largest absolute Gasteiger partial charge is 0.309 e. The molecule has 0 amide bonds. The lowest BCUT2D eigenvalue weighted by molar-refractivity contribution is 0.0977. The third kappa shape index (κ3) is 2.62. The first-order valence-electron chi connectivity index (χ1n) is 5.93. The van der Waals surface area contributed by atoms with Gasteiger partial charge >= 0.3 is 0 Å². The molecule has 2 heterocycles. The molecule has 0 aromatic carbocycles. The van der Waals surface area contributed by atoms with Crippen molar-refractivity contribution in [1.82, 2.24) is 20.0 Å². The summed E-state index contributed by atoms with van der Waals surface area (Å²) in [6.07, 6.45) is 4.06. The molecule has 1 unspecified atom stereocenters. The van der Waals surface area contributed by atoms with E-state index in [0.717, 1.165) is 19.6 Å². The SMILES string of the molecule is CC1CNC(C)(C)CN1Cc1cnn(C)c1. The highest BCUT2D eigenvalue weighted by Crippen LogP contribution is 2.17. The van der Waals surface area contributed by atoms with Crippen molar-refractivity contribution in [2.75, 3.05) is 13.1 Å². The van der Waals surface area contributed by atoms with Gasteiger partial charge in [0.15, 0.2) is 0 Å². The van der Waals surface area contributed by atoms with Gasteiger partial charge in [0.25, 0.3) is 0 Å². The number of hydrogen-bond donors (Lipinski definition) is 1. The van der Waals surface area contributed by atoms with Gasteiger partial charge in [-0.15, -0.1) is 0 Å². The minimum absolute atomic E-state index is 0.217. The van der Waals surface area contributed by atoms with Crippen LogP contribution in [0.2, 0.25) is 0 Å². The van der Waals surface area contributed by atoms with Crippen LogP contribution in [0.1, 0.15) is 26.3 Å². The van der Waals surface area contributed by atoms with Gasteiger partial charge in [-0.3, -0.25) is 9.58 Å². The third-order valence-corrected chi connectivity index (χ3v) is 3.24. The van der Waals surface area contributed by atoms with Crippen molar-refractivity contribution in [3.8, 4) is 0 Å². The van der Waals surface area contributed by atoms with Crippen molar-refractivity contribution >= 4 is 0 Å². The molecule has 4 nitrogen and oxygen atoms in total. The minimum atomic E-state index is 0.217. The number of piperazine rings is 1. The predicted molar refractivity (Wildman–Crippen MR) is 65.2 cm³/mol. The molecule has 1 aliphatic heterocycles. The Kier molecular flexibility index (Phi) is 3.04. The second-order valence-corrected chi connectivity index (χ2v) is 5.54. The van der Waals surface area contributed by atoms with Gasteiger partial charge < -0.3 is 5.32 Å². The molecule has 1 aromatic heterocycles. The van der Waals surface area contributed by atoms with Crippen LogP contribution in [0.4, 0.5) is 0 Å². The molecule has 1 saturated heterocycles. The zero-order valence-electron chi connectivity index (χ0n) is 10.7. The maximum atomic E-state index is 4.22. The molecule has 90 valence electrons. The second kappa shape index (κ2) is 4.18. The Morgan fingerprint density at radius 3 is 2.94 bits per heavy atom. The summed E-state index contributed by atoms with van der Waals surface area (Å²) in [6.45, 7) is 9.94. The van der Waals surface area contributed by atoms with Crippen LogP contribution >= 0.6 is 0 Å². The minimum Gasteiger partial charge on any atom is -0.309 e. The first-order chi connectivity index (χ1) is 7.46. The number of aryl methyl sites for hydroxylation is 1. The van der Waals surface area contributed by atoms with Crippen molar-refractivity contribution in [1.29, 1.82) is 0 Å². The van der Waals surface area contributed by atoms with Gasteiger partial charge in [0.05, 0.1) is 6.20 Å². The molecule has 1 N–H and O–H groups in total. The fourth-order valence-electron chi connectivity index (χ4n) is 2.27. The molecule has 1 aromatic rings. The van der Waals surface area contributed by atoms with Crippen LogP contribution < -0.4 is 5.32 Å². The smallest absolute Gasteiger partial charge is 0.0534 e. The van der Waals surface area contributed by atoms with E-state index in [-0.39, 0.29) is 5.54 Å².